The summed E-state index contributed by atoms with van der Waals surface area (Å²) in [4.78, 5) is 23.4. The van der Waals surface area contributed by atoms with Gasteiger partial charge in [0, 0.05) is 42.4 Å². The molecule has 4 heteroatoms. The van der Waals surface area contributed by atoms with E-state index < -0.39 is 0 Å². The zero-order valence-electron chi connectivity index (χ0n) is 20.4. The Labute approximate surface area is 209 Å². The van der Waals surface area contributed by atoms with Crippen LogP contribution in [0.5, 0.6) is 0 Å². The molecular formula is C31H35N3O. The number of aromatic nitrogens is 1. The number of nitrogens with zero attached hydrogens (tertiary/aromatic N) is 3. The van der Waals surface area contributed by atoms with Gasteiger partial charge in [0.2, 0.25) is 0 Å². The highest BCUT2D eigenvalue weighted by Gasteiger charge is 2.55. The first-order chi connectivity index (χ1) is 17.3. The molecule has 2 atom stereocenters. The van der Waals surface area contributed by atoms with Gasteiger partial charge in [-0.2, -0.15) is 0 Å². The number of hydrogen-bond acceptors (Lipinski definition) is 3. The molecule has 0 N–H and O–H groups in total. The third-order valence-corrected chi connectivity index (χ3v) is 8.85. The fourth-order valence-electron chi connectivity index (χ4n) is 7.25. The number of likely N-dealkylation sites (tertiary alicyclic amines) is 1. The average molecular weight is 466 g/mol. The summed E-state index contributed by atoms with van der Waals surface area (Å²) in [5, 5.41) is 0. The quantitative estimate of drug-likeness (QED) is 0.483. The molecule has 180 valence electrons. The zero-order chi connectivity index (χ0) is 23.7. The van der Waals surface area contributed by atoms with Gasteiger partial charge in [-0.3, -0.25) is 14.7 Å². The van der Waals surface area contributed by atoms with Gasteiger partial charge in [0.25, 0.3) is 5.91 Å². The molecule has 3 saturated heterocycles. The number of amides is 1. The van der Waals surface area contributed by atoms with Crippen LogP contribution >= 0.6 is 0 Å². The molecule has 4 heterocycles. The molecule has 4 nitrogen and oxygen atoms in total. The Kier molecular flexibility index (Phi) is 6.15. The van der Waals surface area contributed by atoms with E-state index in [-0.39, 0.29) is 17.5 Å². The van der Waals surface area contributed by atoms with E-state index in [9.17, 15) is 4.79 Å². The summed E-state index contributed by atoms with van der Waals surface area (Å²) in [6, 6.07) is 25.9. The zero-order valence-corrected chi connectivity index (χ0v) is 20.4. The number of carbonyl (C=O) groups excluding carboxylic acids is 1. The number of pyridine rings is 1. The van der Waals surface area contributed by atoms with E-state index in [0.29, 0.717) is 17.4 Å². The average Bonchev–Trinajstić information content (AvgIpc) is 3.23. The maximum absolute atomic E-state index is 14.0. The second kappa shape index (κ2) is 9.58. The van der Waals surface area contributed by atoms with Gasteiger partial charge in [0.15, 0.2) is 0 Å². The molecule has 3 aromatic rings. The lowest BCUT2D eigenvalue weighted by Gasteiger charge is -2.53. The second-order valence-electron chi connectivity index (χ2n) is 10.7. The van der Waals surface area contributed by atoms with Crippen molar-refractivity contribution < 1.29 is 4.79 Å². The molecule has 1 aliphatic carbocycles. The van der Waals surface area contributed by atoms with Crippen molar-refractivity contribution >= 4 is 5.91 Å². The fourth-order valence-corrected chi connectivity index (χ4v) is 7.25. The largest absolute Gasteiger partial charge is 0.334 e. The molecule has 0 radical (unpaired) electrons. The minimum atomic E-state index is 0.126. The van der Waals surface area contributed by atoms with Crippen LogP contribution in [0.3, 0.4) is 0 Å². The Morgan fingerprint density at radius 2 is 1.40 bits per heavy atom. The van der Waals surface area contributed by atoms with Crippen LogP contribution < -0.4 is 0 Å². The van der Waals surface area contributed by atoms with Crippen LogP contribution in [0.1, 0.15) is 71.8 Å². The van der Waals surface area contributed by atoms with Gasteiger partial charge in [-0.1, -0.05) is 67.1 Å². The van der Waals surface area contributed by atoms with Crippen molar-refractivity contribution in [3.05, 3.63) is 102 Å². The summed E-state index contributed by atoms with van der Waals surface area (Å²) < 4.78 is 0. The molecule has 7 rings (SSSR count). The smallest absolute Gasteiger partial charge is 0.255 e. The molecule has 0 spiro atoms. The van der Waals surface area contributed by atoms with Gasteiger partial charge in [-0.05, 0) is 68.5 Å². The molecule has 1 aromatic heterocycles. The monoisotopic (exact) mass is 465 g/mol. The maximum Gasteiger partial charge on any atom is 0.255 e. The molecule has 0 unspecified atom stereocenters. The van der Waals surface area contributed by atoms with Gasteiger partial charge in [-0.15, -0.1) is 0 Å². The Bertz CT molecular complexity index is 1080. The first kappa shape index (κ1) is 22.5. The first-order valence-electron chi connectivity index (χ1n) is 13.3. The van der Waals surface area contributed by atoms with Crippen LogP contribution in [0.4, 0.5) is 0 Å². The highest BCUT2D eigenvalue weighted by Crippen LogP contribution is 2.54. The molecule has 1 amide bonds. The molecule has 4 aliphatic rings. The summed E-state index contributed by atoms with van der Waals surface area (Å²) in [5.74, 6) is 0.738. The van der Waals surface area contributed by atoms with Crippen molar-refractivity contribution in [2.24, 2.45) is 0 Å². The minimum absolute atomic E-state index is 0.126. The molecule has 2 aromatic carbocycles. The van der Waals surface area contributed by atoms with E-state index in [4.69, 9.17) is 0 Å². The summed E-state index contributed by atoms with van der Waals surface area (Å²) in [5.41, 5.74) is 3.56. The van der Waals surface area contributed by atoms with Gasteiger partial charge in [-0.25, -0.2) is 0 Å². The van der Waals surface area contributed by atoms with E-state index in [1.807, 2.05) is 12.1 Å². The predicted molar refractivity (Wildman–Crippen MR) is 139 cm³/mol. The number of hydrogen-bond donors (Lipinski definition) is 0. The van der Waals surface area contributed by atoms with E-state index >= 15 is 0 Å². The van der Waals surface area contributed by atoms with Gasteiger partial charge >= 0.3 is 0 Å². The highest BCUT2D eigenvalue weighted by molar-refractivity contribution is 5.94. The maximum atomic E-state index is 14.0. The number of fused-ring (bicyclic) bond motifs is 4. The third-order valence-electron chi connectivity index (χ3n) is 8.85. The second-order valence-corrected chi connectivity index (χ2v) is 10.7. The number of piperidine rings is 1. The molecule has 1 saturated carbocycles. The van der Waals surface area contributed by atoms with Crippen LogP contribution in [0, 0.1) is 0 Å². The molecule has 2 bridgehead atoms. The highest BCUT2D eigenvalue weighted by atomic mass is 16.2. The van der Waals surface area contributed by atoms with Crippen molar-refractivity contribution in [1.29, 1.82) is 0 Å². The third kappa shape index (κ3) is 4.18. The van der Waals surface area contributed by atoms with E-state index in [0.717, 1.165) is 25.8 Å². The van der Waals surface area contributed by atoms with Gasteiger partial charge < -0.3 is 4.90 Å². The molecule has 3 aliphatic heterocycles. The van der Waals surface area contributed by atoms with Crippen molar-refractivity contribution in [3.8, 4) is 0 Å². The van der Waals surface area contributed by atoms with Crippen molar-refractivity contribution in [2.45, 2.75) is 61.9 Å². The Morgan fingerprint density at radius 1 is 0.771 bits per heavy atom. The van der Waals surface area contributed by atoms with Gasteiger partial charge in [0.05, 0.1) is 5.56 Å². The fraction of sp³-hybridized carbons (Fsp3) is 0.419. The van der Waals surface area contributed by atoms with Crippen LogP contribution in [-0.4, -0.2) is 51.9 Å². The molecule has 4 fully saturated rings. The Balaban J connectivity index is 1.50. The van der Waals surface area contributed by atoms with Crippen LogP contribution in [-0.2, 0) is 0 Å². The van der Waals surface area contributed by atoms with Crippen molar-refractivity contribution in [3.63, 3.8) is 0 Å². The number of rotatable bonds is 4. The van der Waals surface area contributed by atoms with E-state index in [1.54, 1.807) is 12.4 Å². The Morgan fingerprint density at radius 3 is 1.97 bits per heavy atom. The topological polar surface area (TPSA) is 36.4 Å². The van der Waals surface area contributed by atoms with Crippen LogP contribution in [0.15, 0.2) is 85.2 Å². The summed E-state index contributed by atoms with van der Waals surface area (Å²) in [6.07, 6.45) is 10.7. The van der Waals surface area contributed by atoms with Crippen molar-refractivity contribution in [2.75, 3.05) is 19.6 Å². The SMILES string of the molecule is O=C(c1cccnc1)N1CCC2(N3CCCCC3)C[C@@H](c3ccccc3)C1[C@H](c1ccccc1)C2. The molecule has 35 heavy (non-hydrogen) atoms. The standard InChI is InChI=1S/C31H35N3O/c35-30(26-15-10-17-32-23-26)34-20-16-31(33-18-8-3-9-19-33)21-27(24-11-4-1-5-12-24)29(34)28(22-31)25-13-6-2-7-14-25/h1-2,4-7,10-15,17,23,27-29H,3,8-9,16,18-22H2/t27-,28-,29?,31?/m0/s1. The minimum Gasteiger partial charge on any atom is -0.334 e. The summed E-state index contributed by atoms with van der Waals surface area (Å²) in [7, 11) is 0. The Hall–Kier alpha value is -2.98. The van der Waals surface area contributed by atoms with Gasteiger partial charge in [0.1, 0.15) is 0 Å². The summed E-state index contributed by atoms with van der Waals surface area (Å²) >= 11 is 0. The molecular weight excluding hydrogens is 430 g/mol. The lowest BCUT2D eigenvalue weighted by atomic mass is 9.63. The number of carbonyl (C=O) groups is 1. The van der Waals surface area contributed by atoms with Crippen LogP contribution in [0.2, 0.25) is 0 Å². The number of benzene rings is 2. The van der Waals surface area contributed by atoms with Crippen molar-refractivity contribution in [1.82, 2.24) is 14.8 Å². The normalized spacial score (nSPS) is 29.0. The lowest BCUT2D eigenvalue weighted by Crippen LogP contribution is -2.56. The van der Waals surface area contributed by atoms with Crippen LogP contribution in [0.25, 0.3) is 0 Å². The predicted octanol–water partition coefficient (Wildman–Crippen LogP) is 5.88. The van der Waals surface area contributed by atoms with E-state index in [1.165, 1.54) is 43.5 Å². The summed E-state index contributed by atoms with van der Waals surface area (Å²) in [6.45, 7) is 3.18. The first-order valence-corrected chi connectivity index (χ1v) is 13.3. The lowest BCUT2D eigenvalue weighted by molar-refractivity contribution is 0.0160. The van der Waals surface area contributed by atoms with E-state index in [2.05, 4.69) is 75.4 Å².